The highest BCUT2D eigenvalue weighted by Crippen LogP contribution is 1.96. The molecular formula is C8H12N2O. The molecule has 0 aromatic heterocycles. The van der Waals surface area contributed by atoms with Crippen LogP contribution >= 0.6 is 0 Å². The number of carbonyl (C=O) groups is 1. The Bertz CT molecular complexity index is 204. The molecule has 1 amide bonds. The summed E-state index contributed by atoms with van der Waals surface area (Å²) in [5, 5.41) is 0. The minimum absolute atomic E-state index is 0.317. The molecule has 0 unspecified atom stereocenters. The Morgan fingerprint density at radius 1 is 1.64 bits per heavy atom. The Morgan fingerprint density at radius 2 is 2.27 bits per heavy atom. The standard InChI is InChI=1S/C8H12N2O/c1-3-5-7(6-4-2)8(11)10-9/h3-6H,1,9H2,2H3,(H,10,11)/b6-4-,7-5+. The van der Waals surface area contributed by atoms with E-state index in [2.05, 4.69) is 6.58 Å². The van der Waals surface area contributed by atoms with E-state index in [4.69, 9.17) is 5.84 Å². The minimum atomic E-state index is -0.317. The van der Waals surface area contributed by atoms with Crippen LogP contribution in [0, 0.1) is 0 Å². The fraction of sp³-hybridized carbons (Fsp3) is 0.125. The van der Waals surface area contributed by atoms with Gasteiger partial charge in [-0.05, 0) is 6.92 Å². The van der Waals surface area contributed by atoms with Gasteiger partial charge < -0.3 is 0 Å². The molecule has 0 aromatic rings. The maximum atomic E-state index is 10.9. The predicted molar refractivity (Wildman–Crippen MR) is 45.4 cm³/mol. The maximum absolute atomic E-state index is 10.9. The molecule has 3 heteroatoms. The monoisotopic (exact) mass is 152 g/mol. The first-order valence-electron chi connectivity index (χ1n) is 3.22. The van der Waals surface area contributed by atoms with Gasteiger partial charge >= 0.3 is 0 Å². The van der Waals surface area contributed by atoms with Crippen LogP contribution in [0.3, 0.4) is 0 Å². The van der Waals surface area contributed by atoms with E-state index in [1.807, 2.05) is 12.3 Å². The van der Waals surface area contributed by atoms with E-state index in [9.17, 15) is 4.79 Å². The quantitative estimate of drug-likeness (QED) is 0.205. The number of nitrogens with one attached hydrogen (secondary N) is 1. The third-order valence-corrected chi connectivity index (χ3v) is 1.04. The first kappa shape index (κ1) is 9.65. The number of rotatable bonds is 3. The van der Waals surface area contributed by atoms with Crippen LogP contribution in [0.4, 0.5) is 0 Å². The molecule has 0 aliphatic heterocycles. The van der Waals surface area contributed by atoms with Gasteiger partial charge in [0.15, 0.2) is 0 Å². The van der Waals surface area contributed by atoms with Crippen molar-refractivity contribution in [1.29, 1.82) is 0 Å². The van der Waals surface area contributed by atoms with E-state index in [0.29, 0.717) is 5.57 Å². The molecule has 11 heavy (non-hydrogen) atoms. The van der Waals surface area contributed by atoms with Gasteiger partial charge in [-0.2, -0.15) is 0 Å². The zero-order valence-corrected chi connectivity index (χ0v) is 6.50. The summed E-state index contributed by atoms with van der Waals surface area (Å²) in [5.74, 6) is 4.61. The van der Waals surface area contributed by atoms with Crippen LogP contribution in [-0.4, -0.2) is 5.91 Å². The van der Waals surface area contributed by atoms with E-state index in [0.717, 1.165) is 0 Å². The lowest BCUT2D eigenvalue weighted by atomic mass is 10.2. The molecule has 0 aromatic carbocycles. The van der Waals surface area contributed by atoms with Crippen molar-refractivity contribution in [2.45, 2.75) is 6.92 Å². The highest BCUT2D eigenvalue weighted by Gasteiger charge is 2.00. The lowest BCUT2D eigenvalue weighted by molar-refractivity contribution is -0.117. The molecule has 0 fully saturated rings. The van der Waals surface area contributed by atoms with Crippen molar-refractivity contribution in [3.05, 3.63) is 36.5 Å². The number of hydrogen-bond donors (Lipinski definition) is 2. The van der Waals surface area contributed by atoms with E-state index >= 15 is 0 Å². The van der Waals surface area contributed by atoms with Crippen molar-refractivity contribution >= 4 is 5.91 Å². The summed E-state index contributed by atoms with van der Waals surface area (Å²) in [6.07, 6.45) is 6.53. The first-order valence-corrected chi connectivity index (χ1v) is 3.22. The molecule has 0 radical (unpaired) electrons. The van der Waals surface area contributed by atoms with Gasteiger partial charge in [-0.3, -0.25) is 10.2 Å². The van der Waals surface area contributed by atoms with Crippen LogP contribution in [0.1, 0.15) is 6.92 Å². The largest absolute Gasteiger partial charge is 0.290 e. The second-order valence-corrected chi connectivity index (χ2v) is 1.83. The topological polar surface area (TPSA) is 55.1 Å². The Morgan fingerprint density at radius 3 is 2.64 bits per heavy atom. The van der Waals surface area contributed by atoms with Gasteiger partial charge in [-0.25, -0.2) is 5.84 Å². The van der Waals surface area contributed by atoms with Crippen molar-refractivity contribution in [2.24, 2.45) is 5.84 Å². The Hall–Kier alpha value is -1.35. The van der Waals surface area contributed by atoms with Gasteiger partial charge in [-0.15, -0.1) is 0 Å². The Labute approximate surface area is 66.2 Å². The fourth-order valence-corrected chi connectivity index (χ4v) is 0.597. The number of hydrazine groups is 1. The SMILES string of the molecule is C=C/C=C(\C=C/C)C(=O)NN. The van der Waals surface area contributed by atoms with Crippen LogP contribution < -0.4 is 11.3 Å². The second-order valence-electron chi connectivity index (χ2n) is 1.83. The number of nitrogens with two attached hydrogens (primary N) is 1. The summed E-state index contributed by atoms with van der Waals surface area (Å²) >= 11 is 0. The van der Waals surface area contributed by atoms with E-state index < -0.39 is 0 Å². The average Bonchev–Trinajstić information content (AvgIpc) is 2.03. The van der Waals surface area contributed by atoms with Gasteiger partial charge in [0.1, 0.15) is 0 Å². The van der Waals surface area contributed by atoms with Gasteiger partial charge in [0.05, 0.1) is 0 Å². The highest BCUT2D eigenvalue weighted by molar-refractivity contribution is 5.95. The summed E-state index contributed by atoms with van der Waals surface area (Å²) in [4.78, 5) is 10.9. The van der Waals surface area contributed by atoms with E-state index in [1.165, 1.54) is 6.08 Å². The number of allylic oxidation sites excluding steroid dienone is 3. The smallest absolute Gasteiger partial charge is 0.265 e. The molecule has 0 bridgehead atoms. The van der Waals surface area contributed by atoms with Crippen molar-refractivity contribution in [3.8, 4) is 0 Å². The molecule has 3 N–H and O–H groups in total. The molecular weight excluding hydrogens is 140 g/mol. The van der Waals surface area contributed by atoms with Gasteiger partial charge in [0.25, 0.3) is 5.91 Å². The molecule has 0 aliphatic rings. The molecule has 60 valence electrons. The van der Waals surface area contributed by atoms with Crippen LogP contribution in [0.5, 0.6) is 0 Å². The maximum Gasteiger partial charge on any atom is 0.265 e. The van der Waals surface area contributed by atoms with Crippen LogP contribution in [0.15, 0.2) is 36.5 Å². The number of carbonyl (C=O) groups excluding carboxylic acids is 1. The fourth-order valence-electron chi connectivity index (χ4n) is 0.597. The molecule has 0 saturated carbocycles. The van der Waals surface area contributed by atoms with Gasteiger partial charge in [0.2, 0.25) is 0 Å². The third-order valence-electron chi connectivity index (χ3n) is 1.04. The molecule has 0 saturated heterocycles. The highest BCUT2D eigenvalue weighted by atomic mass is 16.2. The van der Waals surface area contributed by atoms with Crippen molar-refractivity contribution in [3.63, 3.8) is 0 Å². The summed E-state index contributed by atoms with van der Waals surface area (Å²) in [6, 6.07) is 0. The zero-order chi connectivity index (χ0) is 8.69. The molecule has 0 spiro atoms. The number of amides is 1. The molecule has 0 atom stereocenters. The number of hydrogen-bond acceptors (Lipinski definition) is 2. The lowest BCUT2D eigenvalue weighted by Gasteiger charge is -1.97. The van der Waals surface area contributed by atoms with Gasteiger partial charge in [0, 0.05) is 5.57 Å². The average molecular weight is 152 g/mol. The third kappa shape index (κ3) is 3.37. The molecule has 0 heterocycles. The summed E-state index contributed by atoms with van der Waals surface area (Å²) in [5.41, 5.74) is 2.52. The molecule has 0 rings (SSSR count). The van der Waals surface area contributed by atoms with Crippen LogP contribution in [0.25, 0.3) is 0 Å². The van der Waals surface area contributed by atoms with Gasteiger partial charge in [-0.1, -0.05) is 30.9 Å². The Kier molecular flexibility index (Phi) is 4.77. The van der Waals surface area contributed by atoms with Crippen LogP contribution in [0.2, 0.25) is 0 Å². The van der Waals surface area contributed by atoms with E-state index in [-0.39, 0.29) is 5.91 Å². The summed E-state index contributed by atoms with van der Waals surface area (Å²) in [7, 11) is 0. The minimum Gasteiger partial charge on any atom is -0.290 e. The molecule has 0 aliphatic carbocycles. The zero-order valence-electron chi connectivity index (χ0n) is 6.50. The summed E-state index contributed by atoms with van der Waals surface area (Å²) < 4.78 is 0. The van der Waals surface area contributed by atoms with Crippen molar-refractivity contribution < 1.29 is 4.79 Å². The normalized spacial score (nSPS) is 11.6. The van der Waals surface area contributed by atoms with Crippen LogP contribution in [-0.2, 0) is 4.79 Å². The Balaban J connectivity index is 4.46. The van der Waals surface area contributed by atoms with E-state index in [1.54, 1.807) is 18.2 Å². The lowest BCUT2D eigenvalue weighted by Crippen LogP contribution is -2.30. The second kappa shape index (κ2) is 5.44. The summed E-state index contributed by atoms with van der Waals surface area (Å²) in [6.45, 7) is 5.29. The van der Waals surface area contributed by atoms with Crippen molar-refractivity contribution in [2.75, 3.05) is 0 Å². The molecule has 3 nitrogen and oxygen atoms in total. The predicted octanol–water partition coefficient (Wildman–Crippen LogP) is 0.665. The van der Waals surface area contributed by atoms with Crippen molar-refractivity contribution in [1.82, 2.24) is 5.43 Å². The first-order chi connectivity index (χ1) is 5.26.